The molecule has 5 nitrogen and oxygen atoms in total. The van der Waals surface area contributed by atoms with E-state index in [0.29, 0.717) is 19.8 Å². The van der Waals surface area contributed by atoms with E-state index in [0.717, 1.165) is 6.42 Å². The zero-order valence-electron chi connectivity index (χ0n) is 9.73. The molecule has 3 unspecified atom stereocenters. The van der Waals surface area contributed by atoms with Gasteiger partial charge < -0.3 is 18.9 Å². The molecule has 0 spiro atoms. The number of hydrogen-bond acceptors (Lipinski definition) is 5. The number of rotatable bonds is 3. The first-order valence-corrected chi connectivity index (χ1v) is 5.72. The van der Waals surface area contributed by atoms with Crippen LogP contribution in [0.3, 0.4) is 0 Å². The van der Waals surface area contributed by atoms with E-state index in [4.69, 9.17) is 18.9 Å². The molecule has 2 aliphatic rings. The van der Waals surface area contributed by atoms with Crippen LogP contribution in [0.15, 0.2) is 0 Å². The molecule has 0 N–H and O–H groups in total. The molecule has 2 rings (SSSR count). The van der Waals surface area contributed by atoms with Crippen LogP contribution in [0.5, 0.6) is 0 Å². The van der Waals surface area contributed by atoms with Gasteiger partial charge in [0, 0.05) is 6.61 Å². The molecule has 92 valence electrons. The molecule has 0 saturated carbocycles. The fourth-order valence-electron chi connectivity index (χ4n) is 2.10. The molecule has 2 saturated heterocycles. The van der Waals surface area contributed by atoms with Crippen LogP contribution in [0.4, 0.5) is 0 Å². The topological polar surface area (TPSA) is 54.0 Å². The predicted octanol–water partition coefficient (Wildman–Crippen LogP) is 0.860. The van der Waals surface area contributed by atoms with E-state index in [1.54, 1.807) is 13.8 Å². The zero-order chi connectivity index (χ0) is 11.6. The van der Waals surface area contributed by atoms with Crippen LogP contribution in [0.2, 0.25) is 0 Å². The second-order valence-electron chi connectivity index (χ2n) is 4.28. The molecular formula is C11H18O5. The summed E-state index contributed by atoms with van der Waals surface area (Å²) in [6.07, 6.45) is 1.07. The Hall–Kier alpha value is -0.650. The lowest BCUT2D eigenvalue weighted by molar-refractivity contribution is -0.302. The molecule has 0 radical (unpaired) electrons. The van der Waals surface area contributed by atoms with Gasteiger partial charge in [-0.15, -0.1) is 0 Å². The highest BCUT2D eigenvalue weighted by Gasteiger charge is 2.44. The highest BCUT2D eigenvalue weighted by atomic mass is 16.7. The second-order valence-corrected chi connectivity index (χ2v) is 4.28. The van der Waals surface area contributed by atoms with Crippen molar-refractivity contribution in [1.29, 1.82) is 0 Å². The highest BCUT2D eigenvalue weighted by molar-refractivity contribution is 5.70. The number of esters is 1. The van der Waals surface area contributed by atoms with Crippen molar-refractivity contribution in [3.8, 4) is 0 Å². The first kappa shape index (κ1) is 11.8. The lowest BCUT2D eigenvalue weighted by atomic mass is 10.1. The number of fused-ring (bicyclic) bond motifs is 1. The van der Waals surface area contributed by atoms with Gasteiger partial charge in [-0.3, -0.25) is 4.79 Å². The fraction of sp³-hybridized carbons (Fsp3) is 0.909. The summed E-state index contributed by atoms with van der Waals surface area (Å²) in [5.41, 5.74) is 0. The first-order chi connectivity index (χ1) is 7.63. The zero-order valence-corrected chi connectivity index (χ0v) is 9.73. The van der Waals surface area contributed by atoms with Gasteiger partial charge in [-0.05, 0) is 20.3 Å². The van der Waals surface area contributed by atoms with Crippen molar-refractivity contribution in [3.05, 3.63) is 0 Å². The van der Waals surface area contributed by atoms with Gasteiger partial charge in [-0.2, -0.15) is 0 Å². The standard InChI is InChI=1S/C11H18O5/c1-3-13-10(12)6-11(2)15-7-9-8(16-11)4-5-14-9/h8-9H,3-7H2,1-2H3. The molecular weight excluding hydrogens is 212 g/mol. The number of carbonyl (C=O) groups excluding carboxylic acids is 1. The normalized spacial score (nSPS) is 38.1. The Morgan fingerprint density at radius 3 is 3.06 bits per heavy atom. The van der Waals surface area contributed by atoms with Gasteiger partial charge in [0.15, 0.2) is 5.79 Å². The Morgan fingerprint density at radius 2 is 2.31 bits per heavy atom. The molecule has 5 heteroatoms. The van der Waals surface area contributed by atoms with E-state index in [2.05, 4.69) is 0 Å². The van der Waals surface area contributed by atoms with Crippen molar-refractivity contribution >= 4 is 5.97 Å². The largest absolute Gasteiger partial charge is 0.466 e. The maximum atomic E-state index is 11.4. The highest BCUT2D eigenvalue weighted by Crippen LogP contribution is 2.32. The summed E-state index contributed by atoms with van der Waals surface area (Å²) in [6.45, 7) is 5.13. The minimum Gasteiger partial charge on any atom is -0.466 e. The van der Waals surface area contributed by atoms with Gasteiger partial charge in [0.05, 0.1) is 25.7 Å². The Labute approximate surface area is 95.0 Å². The van der Waals surface area contributed by atoms with Crippen molar-refractivity contribution in [2.45, 2.75) is 44.7 Å². The summed E-state index contributed by atoms with van der Waals surface area (Å²) in [5, 5.41) is 0. The minimum atomic E-state index is -0.860. The van der Waals surface area contributed by atoms with Gasteiger partial charge in [0.2, 0.25) is 0 Å². The first-order valence-electron chi connectivity index (χ1n) is 5.72. The number of ether oxygens (including phenoxy) is 4. The van der Waals surface area contributed by atoms with Crippen molar-refractivity contribution < 1.29 is 23.7 Å². The molecule has 0 bridgehead atoms. The van der Waals surface area contributed by atoms with Crippen LogP contribution >= 0.6 is 0 Å². The van der Waals surface area contributed by atoms with Crippen molar-refractivity contribution in [3.63, 3.8) is 0 Å². The van der Waals surface area contributed by atoms with Gasteiger partial charge in [-0.25, -0.2) is 0 Å². The predicted molar refractivity (Wildman–Crippen MR) is 54.8 cm³/mol. The molecule has 2 fully saturated rings. The SMILES string of the molecule is CCOC(=O)CC1(C)OCC2OCCC2O1. The molecule has 0 amide bonds. The molecule has 3 atom stereocenters. The summed E-state index contributed by atoms with van der Waals surface area (Å²) in [5.74, 6) is -1.15. The molecule has 2 heterocycles. The lowest BCUT2D eigenvalue weighted by Gasteiger charge is -2.39. The van der Waals surface area contributed by atoms with Gasteiger partial charge >= 0.3 is 5.97 Å². The number of hydrogen-bond donors (Lipinski definition) is 0. The Kier molecular flexibility index (Phi) is 3.47. The van der Waals surface area contributed by atoms with Crippen LogP contribution in [-0.2, 0) is 23.7 Å². The van der Waals surface area contributed by atoms with Crippen LogP contribution in [0, 0.1) is 0 Å². The van der Waals surface area contributed by atoms with Gasteiger partial charge in [0.1, 0.15) is 6.10 Å². The van der Waals surface area contributed by atoms with E-state index < -0.39 is 5.79 Å². The van der Waals surface area contributed by atoms with E-state index >= 15 is 0 Å². The van der Waals surface area contributed by atoms with E-state index in [1.807, 2.05) is 0 Å². The summed E-state index contributed by atoms with van der Waals surface area (Å²) >= 11 is 0. The van der Waals surface area contributed by atoms with E-state index in [1.165, 1.54) is 0 Å². The number of carbonyl (C=O) groups is 1. The summed E-state index contributed by atoms with van der Waals surface area (Å²) < 4.78 is 21.6. The molecule has 0 aromatic carbocycles. The molecule has 0 aromatic heterocycles. The Morgan fingerprint density at radius 1 is 1.50 bits per heavy atom. The molecule has 0 aliphatic carbocycles. The van der Waals surface area contributed by atoms with Crippen LogP contribution < -0.4 is 0 Å². The third-order valence-corrected chi connectivity index (χ3v) is 2.87. The average molecular weight is 230 g/mol. The van der Waals surface area contributed by atoms with Crippen molar-refractivity contribution in [2.75, 3.05) is 19.8 Å². The second kappa shape index (κ2) is 4.69. The molecule has 16 heavy (non-hydrogen) atoms. The minimum absolute atomic E-state index is 0.0234. The molecule has 2 aliphatic heterocycles. The van der Waals surface area contributed by atoms with Crippen molar-refractivity contribution in [2.24, 2.45) is 0 Å². The molecule has 0 aromatic rings. The summed E-state index contributed by atoms with van der Waals surface area (Å²) in [4.78, 5) is 11.4. The van der Waals surface area contributed by atoms with E-state index in [-0.39, 0.29) is 24.6 Å². The average Bonchev–Trinajstić information content (AvgIpc) is 2.63. The fourth-order valence-corrected chi connectivity index (χ4v) is 2.10. The van der Waals surface area contributed by atoms with Crippen LogP contribution in [0.1, 0.15) is 26.7 Å². The Bertz CT molecular complexity index is 267. The van der Waals surface area contributed by atoms with Crippen LogP contribution in [0.25, 0.3) is 0 Å². The summed E-state index contributed by atoms with van der Waals surface area (Å²) in [7, 11) is 0. The van der Waals surface area contributed by atoms with E-state index in [9.17, 15) is 4.79 Å². The van der Waals surface area contributed by atoms with Gasteiger partial charge in [0.25, 0.3) is 0 Å². The lowest BCUT2D eigenvalue weighted by Crippen LogP contribution is -2.49. The quantitative estimate of drug-likeness (QED) is 0.673. The smallest absolute Gasteiger partial charge is 0.311 e. The van der Waals surface area contributed by atoms with Crippen LogP contribution in [-0.4, -0.2) is 43.8 Å². The monoisotopic (exact) mass is 230 g/mol. The summed E-state index contributed by atoms with van der Waals surface area (Å²) in [6, 6.07) is 0. The van der Waals surface area contributed by atoms with Gasteiger partial charge in [-0.1, -0.05) is 0 Å². The van der Waals surface area contributed by atoms with Crippen molar-refractivity contribution in [1.82, 2.24) is 0 Å². The third kappa shape index (κ3) is 2.53. The maximum Gasteiger partial charge on any atom is 0.311 e. The maximum absolute atomic E-state index is 11.4. The third-order valence-electron chi connectivity index (χ3n) is 2.87. The Balaban J connectivity index is 1.90.